The minimum absolute atomic E-state index is 0.182. The quantitative estimate of drug-likeness (QED) is 0.316. The average molecular weight is 454 g/mol. The fraction of sp³-hybridized carbons (Fsp3) is 0.182. The van der Waals surface area contributed by atoms with E-state index in [1.807, 2.05) is 29.8 Å². The third-order valence-electron chi connectivity index (χ3n) is 4.88. The first-order chi connectivity index (χ1) is 15.6. The molecule has 5 N–H and O–H groups in total. The van der Waals surface area contributed by atoms with Crippen LogP contribution < -0.4 is 30.6 Å². The first kappa shape index (κ1) is 21.5. The van der Waals surface area contributed by atoms with Crippen LogP contribution in [-0.2, 0) is 0 Å². The summed E-state index contributed by atoms with van der Waals surface area (Å²) >= 11 is 1.43. The van der Waals surface area contributed by atoms with Crippen molar-refractivity contribution in [1.29, 1.82) is 0 Å². The summed E-state index contributed by atoms with van der Waals surface area (Å²) in [7, 11) is 3.11. The zero-order valence-electron chi connectivity index (χ0n) is 17.5. The largest absolute Gasteiger partial charge is 0.493 e. The van der Waals surface area contributed by atoms with Gasteiger partial charge in [-0.15, -0.1) is 11.3 Å². The van der Waals surface area contributed by atoms with Crippen molar-refractivity contribution in [3.8, 4) is 17.2 Å². The van der Waals surface area contributed by atoms with Crippen LogP contribution in [0.15, 0.2) is 54.2 Å². The van der Waals surface area contributed by atoms with Crippen LogP contribution in [0.2, 0.25) is 0 Å². The Kier molecular flexibility index (Phi) is 6.43. The van der Waals surface area contributed by atoms with Crippen LogP contribution in [-0.4, -0.2) is 36.8 Å². The van der Waals surface area contributed by atoms with Gasteiger partial charge in [-0.05, 0) is 41.3 Å². The second-order valence-corrected chi connectivity index (χ2v) is 7.69. The zero-order chi connectivity index (χ0) is 22.5. The van der Waals surface area contributed by atoms with E-state index >= 15 is 0 Å². The molecule has 9 nitrogen and oxygen atoms in total. The molecular weight excluding hydrogens is 430 g/mol. The van der Waals surface area contributed by atoms with Crippen LogP contribution in [0.3, 0.4) is 0 Å². The average Bonchev–Trinajstić information content (AvgIpc) is 3.47. The predicted octanol–water partition coefficient (Wildman–Crippen LogP) is 4.17. The molecule has 0 aliphatic rings. The number of anilines is 2. The van der Waals surface area contributed by atoms with Gasteiger partial charge >= 0.3 is 6.09 Å². The molecule has 0 saturated carbocycles. The van der Waals surface area contributed by atoms with Crippen molar-refractivity contribution < 1.29 is 19.0 Å². The van der Waals surface area contributed by atoms with Crippen LogP contribution in [0.4, 0.5) is 15.5 Å². The highest BCUT2D eigenvalue weighted by Gasteiger charge is 2.18. The van der Waals surface area contributed by atoms with Gasteiger partial charge in [0.05, 0.1) is 25.9 Å². The Balaban J connectivity index is 1.47. The van der Waals surface area contributed by atoms with Crippen molar-refractivity contribution in [2.24, 2.45) is 5.73 Å². The molecule has 32 heavy (non-hydrogen) atoms. The number of ether oxygens (including phenoxy) is 3. The number of carbonyl (C=O) groups excluding carboxylic acids is 1. The van der Waals surface area contributed by atoms with E-state index in [1.165, 1.54) is 11.3 Å². The van der Waals surface area contributed by atoms with E-state index in [0.717, 1.165) is 22.3 Å². The highest BCUT2D eigenvalue weighted by molar-refractivity contribution is 7.14. The number of amides is 1. The number of nitrogens with zero attached hydrogens (tertiary/aromatic N) is 1. The van der Waals surface area contributed by atoms with Gasteiger partial charge in [0.15, 0.2) is 17.2 Å². The third kappa shape index (κ3) is 4.46. The van der Waals surface area contributed by atoms with E-state index in [4.69, 9.17) is 19.9 Å². The molecule has 1 aromatic carbocycles. The molecule has 1 atom stereocenters. The molecule has 4 rings (SSSR count). The first-order valence-electron chi connectivity index (χ1n) is 9.80. The first-order valence-corrected chi connectivity index (χ1v) is 10.7. The highest BCUT2D eigenvalue weighted by Crippen LogP contribution is 2.36. The van der Waals surface area contributed by atoms with E-state index in [2.05, 4.69) is 20.6 Å². The molecule has 0 saturated heterocycles. The van der Waals surface area contributed by atoms with E-state index < -0.39 is 12.1 Å². The topological polar surface area (TPSA) is 124 Å². The smallest absolute Gasteiger partial charge is 0.413 e. The van der Waals surface area contributed by atoms with Gasteiger partial charge in [-0.3, -0.25) is 0 Å². The number of thiophene rings is 1. The number of fused-ring (bicyclic) bond motifs is 1. The summed E-state index contributed by atoms with van der Waals surface area (Å²) in [6.07, 6.45) is 2.92. The zero-order valence-corrected chi connectivity index (χ0v) is 18.4. The van der Waals surface area contributed by atoms with E-state index in [0.29, 0.717) is 22.2 Å². The lowest BCUT2D eigenvalue weighted by atomic mass is 10.1. The lowest BCUT2D eigenvalue weighted by Gasteiger charge is -2.19. The Morgan fingerprint density at radius 3 is 2.78 bits per heavy atom. The van der Waals surface area contributed by atoms with Gasteiger partial charge in [0.2, 0.25) is 0 Å². The lowest BCUT2D eigenvalue weighted by molar-refractivity contribution is 0.196. The van der Waals surface area contributed by atoms with Gasteiger partial charge < -0.3 is 35.6 Å². The third-order valence-corrected chi connectivity index (χ3v) is 5.69. The summed E-state index contributed by atoms with van der Waals surface area (Å²) < 4.78 is 16.2. The summed E-state index contributed by atoms with van der Waals surface area (Å²) in [5, 5.41) is 9.60. The maximum absolute atomic E-state index is 12.6. The van der Waals surface area contributed by atoms with Crippen molar-refractivity contribution >= 4 is 39.2 Å². The van der Waals surface area contributed by atoms with Gasteiger partial charge in [-0.1, -0.05) is 6.07 Å². The molecule has 3 heterocycles. The molecular formula is C22H23N5O4S. The minimum Gasteiger partial charge on any atom is -0.493 e. The Morgan fingerprint density at radius 1 is 1.16 bits per heavy atom. The fourth-order valence-corrected chi connectivity index (χ4v) is 4.00. The van der Waals surface area contributed by atoms with Crippen molar-refractivity contribution in [2.45, 2.75) is 6.04 Å². The van der Waals surface area contributed by atoms with Crippen molar-refractivity contribution in [3.63, 3.8) is 0 Å². The second kappa shape index (κ2) is 9.58. The maximum atomic E-state index is 12.6. The Hall–Kier alpha value is -3.76. The van der Waals surface area contributed by atoms with Crippen LogP contribution in [0.1, 0.15) is 11.6 Å². The minimum atomic E-state index is -0.613. The highest BCUT2D eigenvalue weighted by atomic mass is 32.1. The van der Waals surface area contributed by atoms with Gasteiger partial charge in [0, 0.05) is 24.3 Å². The summed E-state index contributed by atoms with van der Waals surface area (Å²) in [6.45, 7) is 0.182. The molecule has 0 bridgehead atoms. The monoisotopic (exact) mass is 453 g/mol. The molecule has 0 aliphatic heterocycles. The molecule has 4 aromatic rings. The standard InChI is InChI=1S/C22H23N5O4S/c1-29-17-4-3-13(11-19(17)30-2)16(12-23)27-22(28)31-18-7-10-32-21(18)26-15-6-9-25-20-14(15)5-8-24-20/h3-11,16H,12,23H2,1-2H3,(H,27,28)(H2,24,25,26). The van der Waals surface area contributed by atoms with Crippen molar-refractivity contribution in [3.05, 3.63) is 59.7 Å². The number of methoxy groups -OCH3 is 2. The van der Waals surface area contributed by atoms with Gasteiger partial charge in [0.25, 0.3) is 0 Å². The van der Waals surface area contributed by atoms with Gasteiger partial charge in [0.1, 0.15) is 10.6 Å². The molecule has 1 unspecified atom stereocenters. The number of carbonyl (C=O) groups is 1. The number of H-pyrrole nitrogens is 1. The van der Waals surface area contributed by atoms with E-state index in [9.17, 15) is 4.79 Å². The normalized spacial score (nSPS) is 11.7. The van der Waals surface area contributed by atoms with E-state index in [1.54, 1.807) is 38.6 Å². The van der Waals surface area contributed by atoms with Crippen molar-refractivity contribution in [1.82, 2.24) is 15.3 Å². The van der Waals surface area contributed by atoms with Crippen molar-refractivity contribution in [2.75, 3.05) is 26.1 Å². The number of nitrogens with one attached hydrogen (secondary N) is 3. The van der Waals surface area contributed by atoms with Crippen LogP contribution in [0.5, 0.6) is 17.2 Å². The summed E-state index contributed by atoms with van der Waals surface area (Å²) in [4.78, 5) is 20.0. The molecule has 1 amide bonds. The molecule has 0 aliphatic carbocycles. The summed E-state index contributed by atoms with van der Waals surface area (Å²) in [5.41, 5.74) is 8.30. The molecule has 0 radical (unpaired) electrons. The number of hydrogen-bond donors (Lipinski definition) is 4. The number of rotatable bonds is 8. The Morgan fingerprint density at radius 2 is 2.00 bits per heavy atom. The van der Waals surface area contributed by atoms with Gasteiger partial charge in [-0.25, -0.2) is 9.78 Å². The fourth-order valence-electron chi connectivity index (χ4n) is 3.28. The number of aromatic nitrogens is 2. The molecule has 3 aromatic heterocycles. The molecule has 10 heteroatoms. The van der Waals surface area contributed by atoms with Crippen LogP contribution >= 0.6 is 11.3 Å². The SMILES string of the molecule is COc1ccc(C(CN)NC(=O)Oc2ccsc2Nc2ccnc3[nH]ccc23)cc1OC. The number of aromatic amines is 1. The molecule has 0 spiro atoms. The second-order valence-electron chi connectivity index (χ2n) is 6.77. The summed E-state index contributed by atoms with van der Waals surface area (Å²) in [5.74, 6) is 1.56. The predicted molar refractivity (Wildman–Crippen MR) is 124 cm³/mol. The maximum Gasteiger partial charge on any atom is 0.413 e. The Labute approximate surface area is 188 Å². The lowest BCUT2D eigenvalue weighted by Crippen LogP contribution is -2.35. The number of pyridine rings is 1. The molecule has 166 valence electrons. The van der Waals surface area contributed by atoms with Gasteiger partial charge in [-0.2, -0.15) is 0 Å². The Bertz CT molecular complexity index is 1220. The number of hydrogen-bond acceptors (Lipinski definition) is 8. The number of nitrogens with two attached hydrogens (primary N) is 1. The summed E-state index contributed by atoms with van der Waals surface area (Å²) in [6, 6.07) is 10.4. The molecule has 0 fully saturated rings. The number of benzene rings is 1. The van der Waals surface area contributed by atoms with Crippen LogP contribution in [0.25, 0.3) is 11.0 Å². The van der Waals surface area contributed by atoms with Crippen LogP contribution in [0, 0.1) is 0 Å². The van der Waals surface area contributed by atoms with E-state index in [-0.39, 0.29) is 6.54 Å².